The average Bonchev–Trinajstić information content (AvgIpc) is 2.85. The fraction of sp³-hybridized carbons (Fsp3) is 0.286. The molecule has 37 heavy (non-hydrogen) atoms. The third-order valence-corrected chi connectivity index (χ3v) is 8.17. The van der Waals surface area contributed by atoms with Crippen LogP contribution in [0.15, 0.2) is 70.5 Å². The Kier molecular flexibility index (Phi) is 11.2. The van der Waals surface area contributed by atoms with Crippen LogP contribution in [0.25, 0.3) is 21.5 Å². The van der Waals surface area contributed by atoms with E-state index in [0.717, 1.165) is 58.7 Å². The van der Waals surface area contributed by atoms with Crippen LogP contribution in [0, 0.1) is 0 Å². The van der Waals surface area contributed by atoms with E-state index in [1.54, 1.807) is 24.3 Å². The SMILES string of the molecule is CCc1ccc2c(CC)ccc(S(=O)(=O)[O-])c2c1.CCc1ccc2c(CC)ccc(S(=O)(=O)[O-])c2c1.[Ca+2]. The van der Waals surface area contributed by atoms with E-state index in [9.17, 15) is 25.9 Å². The Labute approximate surface area is 249 Å². The number of aryl methyl sites for hydroxylation is 4. The summed E-state index contributed by atoms with van der Waals surface area (Å²) in [6.07, 6.45) is 3.23. The first-order valence-electron chi connectivity index (χ1n) is 11.9. The zero-order valence-electron chi connectivity index (χ0n) is 21.6. The van der Waals surface area contributed by atoms with E-state index in [1.807, 2.05) is 52.0 Å². The first-order chi connectivity index (χ1) is 16.9. The van der Waals surface area contributed by atoms with Crippen molar-refractivity contribution in [1.82, 2.24) is 0 Å². The maximum atomic E-state index is 11.3. The molecular formula is C28H30CaO6S2. The molecule has 6 nitrogen and oxygen atoms in total. The summed E-state index contributed by atoms with van der Waals surface area (Å²) in [5.74, 6) is 0. The zero-order chi connectivity index (χ0) is 26.7. The van der Waals surface area contributed by atoms with E-state index >= 15 is 0 Å². The van der Waals surface area contributed by atoms with Crippen molar-refractivity contribution in [2.24, 2.45) is 0 Å². The molecule has 0 amide bonds. The minimum absolute atomic E-state index is 0. The van der Waals surface area contributed by atoms with Gasteiger partial charge in [0.15, 0.2) is 0 Å². The Bertz CT molecular complexity index is 1500. The van der Waals surface area contributed by atoms with Crippen molar-refractivity contribution in [2.45, 2.75) is 63.2 Å². The van der Waals surface area contributed by atoms with Crippen LogP contribution in [-0.4, -0.2) is 63.7 Å². The maximum Gasteiger partial charge on any atom is 2.00 e. The molecule has 0 aliphatic rings. The Balaban J connectivity index is 0.000000253. The molecule has 0 N–H and O–H groups in total. The van der Waals surface area contributed by atoms with Gasteiger partial charge in [0.05, 0.1) is 9.79 Å². The van der Waals surface area contributed by atoms with Gasteiger partial charge in [0.25, 0.3) is 0 Å². The van der Waals surface area contributed by atoms with Crippen molar-refractivity contribution >= 4 is 79.5 Å². The molecule has 0 bridgehead atoms. The van der Waals surface area contributed by atoms with E-state index in [4.69, 9.17) is 0 Å². The molecule has 0 saturated carbocycles. The summed E-state index contributed by atoms with van der Waals surface area (Å²) in [6, 6.07) is 17.6. The van der Waals surface area contributed by atoms with Crippen molar-refractivity contribution in [3.63, 3.8) is 0 Å². The normalized spacial score (nSPS) is 11.6. The van der Waals surface area contributed by atoms with Crippen LogP contribution in [-0.2, 0) is 45.9 Å². The van der Waals surface area contributed by atoms with Gasteiger partial charge in [0.2, 0.25) is 0 Å². The van der Waals surface area contributed by atoms with Crippen molar-refractivity contribution in [3.8, 4) is 0 Å². The van der Waals surface area contributed by atoms with Gasteiger partial charge in [0.1, 0.15) is 20.2 Å². The number of hydrogen-bond acceptors (Lipinski definition) is 6. The molecule has 4 aromatic carbocycles. The topological polar surface area (TPSA) is 114 Å². The second-order valence-electron chi connectivity index (χ2n) is 8.53. The molecule has 0 atom stereocenters. The Morgan fingerprint density at radius 3 is 1.14 bits per heavy atom. The van der Waals surface area contributed by atoms with Gasteiger partial charge in [-0.05, 0) is 93.7 Å². The largest absolute Gasteiger partial charge is 2.00 e. The van der Waals surface area contributed by atoms with Crippen molar-refractivity contribution in [3.05, 3.63) is 82.9 Å². The van der Waals surface area contributed by atoms with Crippen LogP contribution < -0.4 is 0 Å². The molecule has 4 rings (SSSR count). The van der Waals surface area contributed by atoms with Gasteiger partial charge in [-0.25, -0.2) is 16.8 Å². The summed E-state index contributed by atoms with van der Waals surface area (Å²) in [5, 5.41) is 2.80. The average molecular weight is 567 g/mol. The molecule has 9 heteroatoms. The van der Waals surface area contributed by atoms with E-state index in [1.165, 1.54) is 12.1 Å². The van der Waals surface area contributed by atoms with E-state index in [-0.39, 0.29) is 47.5 Å². The van der Waals surface area contributed by atoms with Gasteiger partial charge < -0.3 is 9.11 Å². The second kappa shape index (κ2) is 13.0. The maximum absolute atomic E-state index is 11.3. The van der Waals surface area contributed by atoms with Gasteiger partial charge in [0, 0.05) is 0 Å². The van der Waals surface area contributed by atoms with E-state index in [2.05, 4.69) is 0 Å². The van der Waals surface area contributed by atoms with Crippen LogP contribution in [0.2, 0.25) is 0 Å². The van der Waals surface area contributed by atoms with Gasteiger partial charge in [-0.1, -0.05) is 64.1 Å². The minimum atomic E-state index is -4.43. The molecule has 0 unspecified atom stereocenters. The molecule has 0 aliphatic carbocycles. The summed E-state index contributed by atoms with van der Waals surface area (Å²) in [5.41, 5.74) is 4.17. The standard InChI is InChI=1S/2C14H16O3S.Ca/c2*1-3-10-5-7-12-11(4-2)6-8-14(13(12)9-10)18(15,16)17;/h2*5-9H,3-4H2,1-2H3,(H,15,16,17);/q;;+2/p-2. The molecule has 0 aromatic heterocycles. The smallest absolute Gasteiger partial charge is 0.744 e. The summed E-state index contributed by atoms with van der Waals surface area (Å²) >= 11 is 0. The molecular weight excluding hydrogens is 537 g/mol. The van der Waals surface area contributed by atoms with Crippen LogP contribution in [0.3, 0.4) is 0 Å². The number of benzene rings is 4. The summed E-state index contributed by atoms with van der Waals surface area (Å²) in [6.45, 7) is 8.01. The molecule has 0 fully saturated rings. The summed E-state index contributed by atoms with van der Waals surface area (Å²) in [7, 11) is -8.86. The minimum Gasteiger partial charge on any atom is -0.744 e. The third kappa shape index (κ3) is 7.32. The molecule has 0 aliphatic heterocycles. The predicted molar refractivity (Wildman–Crippen MR) is 147 cm³/mol. The van der Waals surface area contributed by atoms with Gasteiger partial charge in [-0.2, -0.15) is 0 Å². The first kappa shape index (κ1) is 31.7. The first-order valence-corrected chi connectivity index (χ1v) is 14.8. The fourth-order valence-electron chi connectivity index (χ4n) is 4.35. The second-order valence-corrected chi connectivity index (χ2v) is 11.2. The predicted octanol–water partition coefficient (Wildman–Crippen LogP) is 5.36. The van der Waals surface area contributed by atoms with Crippen LogP contribution in [0.4, 0.5) is 0 Å². The Morgan fingerprint density at radius 2 is 0.865 bits per heavy atom. The Morgan fingerprint density at radius 1 is 0.514 bits per heavy atom. The van der Waals surface area contributed by atoms with Crippen LogP contribution in [0.5, 0.6) is 0 Å². The number of rotatable bonds is 6. The summed E-state index contributed by atoms with van der Waals surface area (Å²) < 4.78 is 67.7. The Hall–Kier alpha value is -1.52. The van der Waals surface area contributed by atoms with Gasteiger partial charge in [-0.3, -0.25) is 0 Å². The third-order valence-electron chi connectivity index (χ3n) is 6.38. The van der Waals surface area contributed by atoms with Gasteiger partial charge >= 0.3 is 37.7 Å². The van der Waals surface area contributed by atoms with Crippen molar-refractivity contribution in [2.75, 3.05) is 0 Å². The molecule has 4 aromatic rings. The molecule has 0 radical (unpaired) electrons. The van der Waals surface area contributed by atoms with E-state index in [0.29, 0.717) is 10.8 Å². The summed E-state index contributed by atoms with van der Waals surface area (Å²) in [4.78, 5) is -0.241. The molecule has 0 spiro atoms. The molecule has 192 valence electrons. The molecule has 0 saturated heterocycles. The van der Waals surface area contributed by atoms with E-state index < -0.39 is 20.2 Å². The van der Waals surface area contributed by atoms with Gasteiger partial charge in [-0.15, -0.1) is 0 Å². The molecule has 0 heterocycles. The quantitative estimate of drug-likeness (QED) is 0.229. The van der Waals surface area contributed by atoms with Crippen LogP contribution in [0.1, 0.15) is 49.9 Å². The zero-order valence-corrected chi connectivity index (χ0v) is 25.4. The monoisotopic (exact) mass is 566 g/mol. The van der Waals surface area contributed by atoms with Crippen LogP contribution >= 0.6 is 0 Å². The van der Waals surface area contributed by atoms with Crippen molar-refractivity contribution in [1.29, 1.82) is 0 Å². The number of fused-ring (bicyclic) bond motifs is 2. The fourth-order valence-corrected chi connectivity index (χ4v) is 5.70. The number of hydrogen-bond donors (Lipinski definition) is 0. The van der Waals surface area contributed by atoms with Crippen molar-refractivity contribution < 1.29 is 25.9 Å².